The summed E-state index contributed by atoms with van der Waals surface area (Å²) in [5, 5.41) is 9.58. The predicted molar refractivity (Wildman–Crippen MR) is 156 cm³/mol. The molecule has 1 saturated heterocycles. The van der Waals surface area contributed by atoms with Gasteiger partial charge in [-0.2, -0.15) is 0 Å². The molecule has 0 aliphatic carbocycles. The molecule has 42 heavy (non-hydrogen) atoms. The normalized spacial score (nSPS) is 25.5. The summed E-state index contributed by atoms with van der Waals surface area (Å²) in [5.74, 6) is -0.769. The Kier molecular flexibility index (Phi) is 7.41. The fraction of sp³-hybridized carbons (Fsp3) is 0.545. The van der Waals surface area contributed by atoms with Crippen molar-refractivity contribution >= 4 is 23.5 Å². The number of anilines is 1. The molecule has 4 aliphatic heterocycles. The molecule has 1 fully saturated rings. The summed E-state index contributed by atoms with van der Waals surface area (Å²) in [7, 11) is 0. The smallest absolute Gasteiger partial charge is 0.308 e. The number of hydrogen-bond donors (Lipinski definition) is 1. The molecule has 2 aromatic carbocycles. The maximum absolute atomic E-state index is 14.6. The highest BCUT2D eigenvalue weighted by atomic mass is 16.6. The van der Waals surface area contributed by atoms with E-state index in [0.29, 0.717) is 44.1 Å². The second kappa shape index (κ2) is 10.9. The van der Waals surface area contributed by atoms with Gasteiger partial charge >= 0.3 is 5.97 Å². The average Bonchev–Trinajstić information content (AvgIpc) is 3.07. The van der Waals surface area contributed by atoms with Crippen LogP contribution in [0.2, 0.25) is 0 Å². The highest BCUT2D eigenvalue weighted by molar-refractivity contribution is 6.02. The van der Waals surface area contributed by atoms with E-state index in [1.54, 1.807) is 4.90 Å². The number of fused-ring (bicyclic) bond motifs is 1. The van der Waals surface area contributed by atoms with E-state index in [4.69, 9.17) is 14.2 Å². The third-order valence-electron chi connectivity index (χ3n) is 9.06. The summed E-state index contributed by atoms with van der Waals surface area (Å²) < 4.78 is 18.8. The van der Waals surface area contributed by atoms with Crippen molar-refractivity contribution in [2.24, 2.45) is 11.3 Å². The lowest BCUT2D eigenvalue weighted by molar-refractivity contribution is -0.149. The van der Waals surface area contributed by atoms with Crippen molar-refractivity contribution in [1.82, 2.24) is 4.90 Å². The summed E-state index contributed by atoms with van der Waals surface area (Å²) in [6.07, 6.45) is 0.905. The lowest BCUT2D eigenvalue weighted by Crippen LogP contribution is -2.54. The molecule has 0 bridgehead atoms. The molecular formula is C33H40N2O7. The molecule has 9 nitrogen and oxygen atoms in total. The van der Waals surface area contributed by atoms with E-state index >= 15 is 0 Å². The van der Waals surface area contributed by atoms with E-state index < -0.39 is 24.1 Å². The first-order valence-electron chi connectivity index (χ1n) is 15.0. The minimum absolute atomic E-state index is 0.0884. The van der Waals surface area contributed by atoms with Crippen LogP contribution in [0, 0.1) is 18.3 Å². The molecule has 224 valence electrons. The zero-order valence-electron chi connectivity index (χ0n) is 24.9. The van der Waals surface area contributed by atoms with E-state index in [2.05, 4.69) is 39.8 Å². The van der Waals surface area contributed by atoms with Crippen LogP contribution < -0.4 is 14.4 Å². The molecule has 0 radical (unpaired) electrons. The van der Waals surface area contributed by atoms with Crippen LogP contribution in [0.25, 0.3) is 0 Å². The van der Waals surface area contributed by atoms with Crippen molar-refractivity contribution < 1.29 is 33.7 Å². The number of aryl methyl sites for hydroxylation is 2. The summed E-state index contributed by atoms with van der Waals surface area (Å²) >= 11 is 0. The molecule has 2 aromatic rings. The number of carbonyl (C=O) groups excluding carboxylic acids is 2. The van der Waals surface area contributed by atoms with Gasteiger partial charge in [0, 0.05) is 30.3 Å². The van der Waals surface area contributed by atoms with E-state index in [1.807, 2.05) is 23.1 Å². The second-order valence-electron chi connectivity index (χ2n) is 13.1. The molecule has 1 unspecified atom stereocenters. The highest BCUT2D eigenvalue weighted by Crippen LogP contribution is 2.50. The van der Waals surface area contributed by atoms with Gasteiger partial charge in [0.25, 0.3) is 5.91 Å². The lowest BCUT2D eigenvalue weighted by atomic mass is 9.77. The molecule has 0 saturated carbocycles. The maximum atomic E-state index is 14.6. The Labute approximate surface area is 246 Å². The van der Waals surface area contributed by atoms with Crippen molar-refractivity contribution in [2.75, 3.05) is 31.2 Å². The fourth-order valence-corrected chi connectivity index (χ4v) is 7.05. The monoisotopic (exact) mass is 576 g/mol. The number of nitrogens with zero attached hydrogens (tertiary/aromatic N) is 2. The van der Waals surface area contributed by atoms with Gasteiger partial charge in [0.15, 0.2) is 11.5 Å². The van der Waals surface area contributed by atoms with E-state index in [1.165, 1.54) is 0 Å². The standard InChI is InChI=1S/C33H40N2O7/c1-19-15-20-10-11-26(33(2,3)4)35-28(20)23(16-19)29(22-8-5-9-24-30(22)41-14-13-40-24)42-25(31(35)37)17-27(36)34-12-6-7-21(18-34)32(38)39/h5,8-9,15-16,21,25-26,29H,6-7,10-14,17-18H2,1-4H3,(H,38,39)/t21?,25-,26+,29-/m1/s1. The Morgan fingerprint density at radius 2 is 1.86 bits per heavy atom. The molecule has 0 spiro atoms. The van der Waals surface area contributed by atoms with Gasteiger partial charge in [0.05, 0.1) is 18.0 Å². The molecule has 1 N–H and O–H groups in total. The summed E-state index contributed by atoms with van der Waals surface area (Å²) in [6, 6.07) is 9.86. The molecule has 0 aromatic heterocycles. The lowest BCUT2D eigenvalue weighted by Gasteiger charge is -2.45. The van der Waals surface area contributed by atoms with Crippen molar-refractivity contribution in [1.29, 1.82) is 0 Å². The van der Waals surface area contributed by atoms with Crippen LogP contribution in [-0.4, -0.2) is 66.2 Å². The van der Waals surface area contributed by atoms with Crippen LogP contribution in [0.4, 0.5) is 5.69 Å². The van der Waals surface area contributed by atoms with Crippen molar-refractivity contribution in [3.8, 4) is 11.5 Å². The van der Waals surface area contributed by atoms with E-state index in [0.717, 1.165) is 40.8 Å². The van der Waals surface area contributed by atoms with Gasteiger partial charge in [-0.05, 0) is 49.7 Å². The molecule has 2 amide bonds. The van der Waals surface area contributed by atoms with Crippen molar-refractivity contribution in [2.45, 2.75) is 78.0 Å². The Morgan fingerprint density at radius 1 is 1.07 bits per heavy atom. The number of piperidine rings is 1. The highest BCUT2D eigenvalue weighted by Gasteiger charge is 2.47. The SMILES string of the molecule is Cc1cc2c3c(c1)[C@@H](c1cccc4c1OCCO4)O[C@H](CC(=O)N1CCCC(C(=O)O)C1)C(=O)N3[C@H](C(C)(C)C)CC2. The number of hydrogen-bond acceptors (Lipinski definition) is 6. The molecule has 4 atom stereocenters. The number of carboxylic acids is 1. The minimum atomic E-state index is -1.06. The van der Waals surface area contributed by atoms with Gasteiger partial charge in [-0.3, -0.25) is 14.4 Å². The Morgan fingerprint density at radius 3 is 2.62 bits per heavy atom. The first kappa shape index (κ1) is 28.5. The van der Waals surface area contributed by atoms with Gasteiger partial charge in [-0.25, -0.2) is 0 Å². The number of amides is 2. The quantitative estimate of drug-likeness (QED) is 0.564. The van der Waals surface area contributed by atoms with Crippen LogP contribution in [0.15, 0.2) is 30.3 Å². The minimum Gasteiger partial charge on any atom is -0.486 e. The maximum Gasteiger partial charge on any atom is 0.308 e. The average molecular weight is 577 g/mol. The third kappa shape index (κ3) is 5.12. The number of carboxylic acid groups (broad SMARTS) is 1. The van der Waals surface area contributed by atoms with Crippen molar-refractivity contribution in [3.63, 3.8) is 0 Å². The Bertz CT molecular complexity index is 1410. The predicted octanol–water partition coefficient (Wildman–Crippen LogP) is 4.66. The summed E-state index contributed by atoms with van der Waals surface area (Å²) in [6.45, 7) is 9.96. The van der Waals surface area contributed by atoms with Crippen LogP contribution in [0.5, 0.6) is 11.5 Å². The Balaban J connectivity index is 1.46. The number of ether oxygens (including phenoxy) is 3. The van der Waals surface area contributed by atoms with Crippen LogP contribution in [0.3, 0.4) is 0 Å². The fourth-order valence-electron chi connectivity index (χ4n) is 7.05. The van der Waals surface area contributed by atoms with Gasteiger partial charge in [0.1, 0.15) is 25.4 Å². The van der Waals surface area contributed by atoms with Gasteiger partial charge in [-0.15, -0.1) is 0 Å². The van der Waals surface area contributed by atoms with Gasteiger partial charge in [-0.1, -0.05) is 50.6 Å². The van der Waals surface area contributed by atoms with Gasteiger partial charge in [0.2, 0.25) is 5.91 Å². The molecule has 4 heterocycles. The molecular weight excluding hydrogens is 536 g/mol. The van der Waals surface area contributed by atoms with E-state index in [9.17, 15) is 19.5 Å². The number of aliphatic carboxylic acids is 1. The topological polar surface area (TPSA) is 106 Å². The van der Waals surface area contributed by atoms with Crippen LogP contribution in [0.1, 0.15) is 74.8 Å². The number of para-hydroxylation sites is 1. The Hall–Kier alpha value is -3.59. The molecule has 9 heteroatoms. The number of rotatable bonds is 4. The number of carbonyl (C=O) groups is 3. The van der Waals surface area contributed by atoms with Crippen molar-refractivity contribution in [3.05, 3.63) is 52.6 Å². The molecule has 6 rings (SSSR count). The third-order valence-corrected chi connectivity index (χ3v) is 9.06. The zero-order chi connectivity index (χ0) is 29.8. The summed E-state index contributed by atoms with van der Waals surface area (Å²) in [5.41, 5.74) is 4.47. The largest absolute Gasteiger partial charge is 0.486 e. The first-order chi connectivity index (χ1) is 20.0. The molecule has 4 aliphatic rings. The summed E-state index contributed by atoms with van der Waals surface area (Å²) in [4.78, 5) is 43.5. The first-order valence-corrected chi connectivity index (χ1v) is 15.0. The zero-order valence-corrected chi connectivity index (χ0v) is 24.9. The number of benzene rings is 2. The van der Waals surface area contributed by atoms with Crippen LogP contribution >= 0.6 is 0 Å². The van der Waals surface area contributed by atoms with Gasteiger partial charge < -0.3 is 29.1 Å². The van der Waals surface area contributed by atoms with Crippen LogP contribution in [-0.2, 0) is 25.5 Å². The second-order valence-corrected chi connectivity index (χ2v) is 13.1. The number of likely N-dealkylation sites (tertiary alicyclic amines) is 1. The van der Waals surface area contributed by atoms with E-state index in [-0.39, 0.29) is 36.2 Å².